The SMILES string of the molecule is c1ccc(-c2cc(-c3ccccc3)c(N3c4ccc(-c5ccc6c7cccc8cccc(c9cccc5c96)c87)cc4B4c5cc(-c6ccc7c8cccc9cccc(c%10cccc6c%107)c98)ccc5N(c5c(-c6ccccc6)cc(-c6ccccc6)cc5-c5ccccc5)c5cc(N6C7CC8CC(C7)CC6C8)cc3c54)c(-c3ccccc3)c2)cc1. The average molecular weight is 1510 g/mol. The normalized spacial score (nSPS) is 16.5. The summed E-state index contributed by atoms with van der Waals surface area (Å²) in [6.07, 6.45) is 6.25. The maximum absolute atomic E-state index is 2.97. The molecule has 0 unspecified atom stereocenters. The van der Waals surface area contributed by atoms with E-state index >= 15 is 0 Å². The fourth-order valence-corrected chi connectivity index (χ4v) is 23.4. The van der Waals surface area contributed by atoms with Crippen molar-refractivity contribution in [1.29, 1.82) is 0 Å². The van der Waals surface area contributed by atoms with Gasteiger partial charge in [-0.15, -0.1) is 0 Å². The van der Waals surface area contributed by atoms with Crippen molar-refractivity contribution in [3.8, 4) is 89.0 Å². The molecule has 2 aliphatic carbocycles. The molecule has 2 saturated carbocycles. The molecule has 556 valence electrons. The second-order valence-corrected chi connectivity index (χ2v) is 34.4. The van der Waals surface area contributed by atoms with Crippen LogP contribution in [0.15, 0.2) is 388 Å². The molecule has 3 nitrogen and oxygen atoms in total. The minimum atomic E-state index is -0.304. The molecule has 4 aliphatic heterocycles. The van der Waals surface area contributed by atoms with Crippen LogP contribution in [0.4, 0.5) is 39.8 Å². The van der Waals surface area contributed by atoms with Crippen LogP contribution < -0.4 is 31.1 Å². The number of nitrogens with zero attached hydrogens (tertiary/aromatic N) is 3. The van der Waals surface area contributed by atoms with E-state index in [0.29, 0.717) is 12.1 Å². The van der Waals surface area contributed by atoms with Crippen LogP contribution in [0.1, 0.15) is 32.1 Å². The van der Waals surface area contributed by atoms with Crippen LogP contribution in [0.5, 0.6) is 0 Å². The van der Waals surface area contributed by atoms with Gasteiger partial charge in [0.2, 0.25) is 0 Å². The molecule has 0 atom stereocenters. The van der Waals surface area contributed by atoms with Gasteiger partial charge in [0, 0.05) is 62.8 Å². The highest BCUT2D eigenvalue weighted by molar-refractivity contribution is 7.00. The maximum Gasteiger partial charge on any atom is 0.252 e. The lowest BCUT2D eigenvalue weighted by atomic mass is 9.33. The Morgan fingerprint density at radius 2 is 0.521 bits per heavy atom. The van der Waals surface area contributed by atoms with Gasteiger partial charge in [-0.05, 0) is 262 Å². The lowest BCUT2D eigenvalue weighted by Crippen LogP contribution is -2.62. The highest BCUT2D eigenvalue weighted by atomic mass is 15.2. The third-order valence-corrected chi connectivity index (χ3v) is 28.1. The number of benzene rings is 21. The summed E-state index contributed by atoms with van der Waals surface area (Å²) < 4.78 is 0. The molecule has 21 aromatic rings. The summed E-state index contributed by atoms with van der Waals surface area (Å²) in [5, 5.41) is 20.6. The second kappa shape index (κ2) is 26.1. The number of rotatable bonds is 11. The van der Waals surface area contributed by atoms with Gasteiger partial charge in [0.1, 0.15) is 0 Å². The Morgan fingerprint density at radius 3 is 0.874 bits per heavy atom. The zero-order valence-electron chi connectivity index (χ0n) is 65.7. The van der Waals surface area contributed by atoms with Gasteiger partial charge in [-0.3, -0.25) is 0 Å². The molecule has 119 heavy (non-hydrogen) atoms. The molecule has 0 radical (unpaired) electrons. The number of hydrogen-bond acceptors (Lipinski definition) is 3. The minimum absolute atomic E-state index is 0.304. The Kier molecular flexibility index (Phi) is 14.7. The van der Waals surface area contributed by atoms with Gasteiger partial charge in [-0.2, -0.15) is 0 Å². The van der Waals surface area contributed by atoms with Crippen LogP contribution in [-0.2, 0) is 0 Å². The minimum Gasteiger partial charge on any atom is -0.365 e. The van der Waals surface area contributed by atoms with E-state index in [0.717, 1.165) is 45.5 Å². The van der Waals surface area contributed by atoms with E-state index in [-0.39, 0.29) is 6.71 Å². The van der Waals surface area contributed by atoms with E-state index in [1.54, 1.807) is 0 Å². The average Bonchev–Trinajstić information content (AvgIpc) is 0.683. The van der Waals surface area contributed by atoms with Gasteiger partial charge >= 0.3 is 0 Å². The van der Waals surface area contributed by atoms with E-state index in [1.165, 1.54) is 230 Å². The molecule has 21 aromatic carbocycles. The van der Waals surface area contributed by atoms with Crippen LogP contribution in [0, 0.1) is 11.8 Å². The monoisotopic (exact) mass is 1510 g/mol. The van der Waals surface area contributed by atoms with Gasteiger partial charge in [0.15, 0.2) is 0 Å². The third-order valence-electron chi connectivity index (χ3n) is 28.1. The van der Waals surface area contributed by atoms with Crippen molar-refractivity contribution < 1.29 is 0 Å². The van der Waals surface area contributed by atoms with Crippen molar-refractivity contribution in [2.75, 3.05) is 14.7 Å². The van der Waals surface area contributed by atoms with E-state index in [4.69, 9.17) is 0 Å². The molecule has 27 rings (SSSR count). The molecule has 4 heteroatoms. The first-order chi connectivity index (χ1) is 59.0. The summed E-state index contributed by atoms with van der Waals surface area (Å²) in [7, 11) is 0. The van der Waals surface area contributed by atoms with E-state index < -0.39 is 0 Å². The van der Waals surface area contributed by atoms with Crippen LogP contribution >= 0.6 is 0 Å². The van der Waals surface area contributed by atoms with Crippen molar-refractivity contribution in [3.63, 3.8) is 0 Å². The number of hydrogen-bond donors (Lipinski definition) is 0. The predicted octanol–water partition coefficient (Wildman–Crippen LogP) is 29.0. The van der Waals surface area contributed by atoms with Crippen molar-refractivity contribution in [3.05, 3.63) is 388 Å². The lowest BCUT2D eigenvalue weighted by Gasteiger charge is -2.58. The van der Waals surface area contributed by atoms with Gasteiger partial charge in [-0.1, -0.05) is 340 Å². The molecule has 0 aromatic heterocycles. The van der Waals surface area contributed by atoms with Crippen LogP contribution in [0.2, 0.25) is 0 Å². The lowest BCUT2D eigenvalue weighted by molar-refractivity contribution is 0.0900. The zero-order chi connectivity index (χ0) is 77.7. The Labute approximate surface area is 692 Å². The summed E-state index contributed by atoms with van der Waals surface area (Å²) in [5.74, 6) is 1.50. The second-order valence-electron chi connectivity index (χ2n) is 34.4. The summed E-state index contributed by atoms with van der Waals surface area (Å²) in [5.41, 5.74) is 30.9. The Hall–Kier alpha value is -14.3. The Bertz CT molecular complexity index is 7050. The summed E-state index contributed by atoms with van der Waals surface area (Å²) >= 11 is 0. The molecule has 0 N–H and O–H groups in total. The van der Waals surface area contributed by atoms with E-state index in [9.17, 15) is 0 Å². The Balaban J connectivity index is 0.831. The van der Waals surface area contributed by atoms with Crippen molar-refractivity contribution in [2.45, 2.75) is 44.2 Å². The smallest absolute Gasteiger partial charge is 0.252 e. The first-order valence-electron chi connectivity index (χ1n) is 42.7. The van der Waals surface area contributed by atoms with Crippen LogP contribution in [0.25, 0.3) is 175 Å². The summed E-state index contributed by atoms with van der Waals surface area (Å²) in [6.45, 7) is -0.304. The van der Waals surface area contributed by atoms with Crippen LogP contribution in [0.3, 0.4) is 0 Å². The molecule has 0 spiro atoms. The van der Waals surface area contributed by atoms with Crippen molar-refractivity contribution >= 4 is 149 Å². The molecule has 4 fully saturated rings. The highest BCUT2D eigenvalue weighted by Gasteiger charge is 2.50. The van der Waals surface area contributed by atoms with Gasteiger partial charge in [0.25, 0.3) is 6.71 Å². The van der Waals surface area contributed by atoms with Gasteiger partial charge in [0.05, 0.1) is 11.4 Å². The van der Waals surface area contributed by atoms with Gasteiger partial charge < -0.3 is 14.7 Å². The predicted molar refractivity (Wildman–Crippen MR) is 506 cm³/mol. The van der Waals surface area contributed by atoms with Crippen LogP contribution in [-0.4, -0.2) is 18.8 Å². The topological polar surface area (TPSA) is 9.72 Å². The molecule has 0 amide bonds. The fraction of sp³-hybridized carbons (Fsp3) is 0.0783. The standard InChI is InChI=1S/C115H78BN3/c1-7-25-72(26-8-1)82-62-99(74-29-11-3-12-30-74)114(100(63-82)75-31-13-4-14-32-75)118-105-55-49-80(87-51-53-97-93-43-21-39-78-37-19-41-91(109(78)93)95-47-23-45-89(87)111(95)97)66-103(105)116-104-67-81(88-52-54-98-94-44-22-40-79-38-20-42-92(110(79)94)96-48-24-46-90(88)112(96)98)50-56-106(104)119(108-69-86(68-107(118)113(108)116)117-84-58-70-57-71(60-84)61-85(117)59-70)115-101(76-33-15-5-16-34-76)64-83(73-27-9-2-10-28-73)65-102(115)77-35-17-6-18-36-77/h1-56,62-71,84-85H,57-61H2. The fourth-order valence-electron chi connectivity index (χ4n) is 23.4. The number of fused-ring (bicyclic) bond motifs is 8. The largest absolute Gasteiger partial charge is 0.365 e. The molecular formula is C115H78BN3. The first-order valence-corrected chi connectivity index (χ1v) is 42.7. The summed E-state index contributed by atoms with van der Waals surface area (Å²) in [6, 6.07) is 151. The molecule has 4 heterocycles. The third kappa shape index (κ3) is 10.1. The van der Waals surface area contributed by atoms with Gasteiger partial charge in [-0.25, -0.2) is 0 Å². The number of anilines is 7. The molecular weight excluding hydrogens is 1430 g/mol. The van der Waals surface area contributed by atoms with E-state index in [2.05, 4.69) is 403 Å². The molecule has 2 saturated heterocycles. The molecule has 4 bridgehead atoms. The quantitative estimate of drug-likeness (QED) is 0.0726. The maximum atomic E-state index is 2.97. The highest BCUT2D eigenvalue weighted by Crippen LogP contribution is 2.59. The molecule has 6 aliphatic rings. The van der Waals surface area contributed by atoms with Crippen molar-refractivity contribution in [2.24, 2.45) is 11.8 Å². The first kappa shape index (κ1) is 66.9. The zero-order valence-corrected chi connectivity index (χ0v) is 65.7. The Morgan fingerprint density at radius 1 is 0.210 bits per heavy atom. The van der Waals surface area contributed by atoms with Crippen molar-refractivity contribution in [1.82, 2.24) is 0 Å². The number of piperidine rings is 2. The summed E-state index contributed by atoms with van der Waals surface area (Å²) in [4.78, 5) is 8.58. The van der Waals surface area contributed by atoms with E-state index in [1.807, 2.05) is 0 Å².